The number of carboxylic acid groups (broad SMARTS) is 1. The molecule has 0 unspecified atom stereocenters. The molecule has 15 heavy (non-hydrogen) atoms. The predicted octanol–water partition coefficient (Wildman–Crippen LogP) is 2.50. The van der Waals surface area contributed by atoms with Crippen LogP contribution >= 0.6 is 0 Å². The third kappa shape index (κ3) is 2.59. The summed E-state index contributed by atoms with van der Waals surface area (Å²) in [6.45, 7) is 5.12. The van der Waals surface area contributed by atoms with Crippen LogP contribution in [0.1, 0.15) is 23.6 Å². The fraction of sp³-hybridized carbons (Fsp3) is 0.250. The van der Waals surface area contributed by atoms with Crippen LogP contribution in [0, 0.1) is 13.8 Å². The van der Waals surface area contributed by atoms with Crippen molar-refractivity contribution >= 4 is 12.0 Å². The maximum Gasteiger partial charge on any atom is 0.331 e. The Labute approximate surface area is 88.7 Å². The summed E-state index contributed by atoms with van der Waals surface area (Å²) in [4.78, 5) is 10.6. The third-order valence-corrected chi connectivity index (χ3v) is 2.23. The van der Waals surface area contributed by atoms with E-state index in [4.69, 9.17) is 5.11 Å². The molecule has 0 heterocycles. The minimum atomic E-state index is -0.932. The lowest BCUT2D eigenvalue weighted by atomic mass is 10.0. The third-order valence-electron chi connectivity index (χ3n) is 2.23. The van der Waals surface area contributed by atoms with Gasteiger partial charge in [-0.1, -0.05) is 0 Å². The second kappa shape index (κ2) is 4.17. The van der Waals surface area contributed by atoms with Crippen LogP contribution in [0.3, 0.4) is 0 Å². The number of aryl methyl sites for hydroxylation is 2. The van der Waals surface area contributed by atoms with E-state index >= 15 is 0 Å². The highest BCUT2D eigenvalue weighted by Gasteiger charge is 2.04. The summed E-state index contributed by atoms with van der Waals surface area (Å²) >= 11 is 0. The van der Waals surface area contributed by atoms with Crippen molar-refractivity contribution in [3.05, 3.63) is 34.4 Å². The average molecular weight is 206 g/mol. The number of hydrogen-bond donors (Lipinski definition) is 2. The topological polar surface area (TPSA) is 57.5 Å². The zero-order valence-electron chi connectivity index (χ0n) is 9.03. The lowest BCUT2D eigenvalue weighted by Gasteiger charge is -2.05. The van der Waals surface area contributed by atoms with Crippen molar-refractivity contribution in [3.8, 4) is 5.75 Å². The molecule has 80 valence electrons. The highest BCUT2D eigenvalue weighted by atomic mass is 16.4. The van der Waals surface area contributed by atoms with Gasteiger partial charge in [-0.25, -0.2) is 4.79 Å². The van der Waals surface area contributed by atoms with Crippen LogP contribution in [0.4, 0.5) is 0 Å². The summed E-state index contributed by atoms with van der Waals surface area (Å²) in [5.74, 6) is -0.668. The molecule has 0 fully saturated rings. The zero-order chi connectivity index (χ0) is 11.6. The number of aliphatic carboxylic acids is 1. The van der Waals surface area contributed by atoms with Gasteiger partial charge >= 0.3 is 5.97 Å². The molecule has 1 aromatic carbocycles. The molecule has 0 spiro atoms. The molecule has 2 N–H and O–H groups in total. The second-order valence-corrected chi connectivity index (χ2v) is 3.64. The van der Waals surface area contributed by atoms with E-state index in [1.54, 1.807) is 39.0 Å². The lowest BCUT2D eigenvalue weighted by molar-refractivity contribution is -0.132. The molecular formula is C12H14O3. The molecule has 3 nitrogen and oxygen atoms in total. The quantitative estimate of drug-likeness (QED) is 0.731. The lowest BCUT2D eigenvalue weighted by Crippen LogP contribution is -1.95. The van der Waals surface area contributed by atoms with Gasteiger partial charge in [-0.05, 0) is 55.7 Å². The summed E-state index contributed by atoms with van der Waals surface area (Å²) in [6, 6.07) is 3.52. The van der Waals surface area contributed by atoms with Crippen LogP contribution in [0.5, 0.6) is 5.75 Å². The fourth-order valence-corrected chi connectivity index (χ4v) is 1.38. The molecule has 0 amide bonds. The van der Waals surface area contributed by atoms with Gasteiger partial charge < -0.3 is 10.2 Å². The highest BCUT2D eigenvalue weighted by molar-refractivity contribution is 5.91. The standard InChI is InChI=1S/C12H14O3/c1-7-4-10(5-8(2)11(7)13)6-9(3)12(14)15/h4-6,13H,1-3H3,(H,14,15). The minimum Gasteiger partial charge on any atom is -0.507 e. The molecule has 0 saturated carbocycles. The van der Waals surface area contributed by atoms with Crippen LogP contribution < -0.4 is 0 Å². The van der Waals surface area contributed by atoms with Gasteiger partial charge in [-0.3, -0.25) is 0 Å². The average Bonchev–Trinajstić information content (AvgIpc) is 2.13. The molecular weight excluding hydrogens is 192 g/mol. The number of rotatable bonds is 2. The largest absolute Gasteiger partial charge is 0.507 e. The van der Waals surface area contributed by atoms with Gasteiger partial charge in [-0.2, -0.15) is 0 Å². The molecule has 0 bridgehead atoms. The number of aromatic hydroxyl groups is 1. The Balaban J connectivity index is 3.18. The first-order chi connectivity index (χ1) is 6.91. The van der Waals surface area contributed by atoms with Gasteiger partial charge in [0.1, 0.15) is 5.75 Å². The van der Waals surface area contributed by atoms with Gasteiger partial charge in [-0.15, -0.1) is 0 Å². The Bertz CT molecular complexity index is 407. The number of hydrogen-bond acceptors (Lipinski definition) is 2. The van der Waals surface area contributed by atoms with E-state index in [9.17, 15) is 9.90 Å². The maximum atomic E-state index is 10.6. The van der Waals surface area contributed by atoms with Crippen LogP contribution in [-0.2, 0) is 4.79 Å². The SMILES string of the molecule is CC(=Cc1cc(C)c(O)c(C)c1)C(=O)O. The molecule has 0 aliphatic heterocycles. The summed E-state index contributed by atoms with van der Waals surface area (Å²) < 4.78 is 0. The van der Waals surface area contributed by atoms with Gasteiger partial charge in [0.05, 0.1) is 0 Å². The van der Waals surface area contributed by atoms with E-state index in [-0.39, 0.29) is 11.3 Å². The van der Waals surface area contributed by atoms with Gasteiger partial charge in [0.2, 0.25) is 0 Å². The molecule has 1 rings (SSSR count). The minimum absolute atomic E-state index is 0.264. The number of phenolic OH excluding ortho intramolecular Hbond substituents is 1. The van der Waals surface area contributed by atoms with Crippen LogP contribution in [-0.4, -0.2) is 16.2 Å². The molecule has 0 aliphatic rings. The monoisotopic (exact) mass is 206 g/mol. The fourth-order valence-electron chi connectivity index (χ4n) is 1.38. The van der Waals surface area contributed by atoms with Crippen LogP contribution in [0.25, 0.3) is 6.08 Å². The normalized spacial score (nSPS) is 11.5. The van der Waals surface area contributed by atoms with E-state index in [0.717, 1.165) is 16.7 Å². The summed E-state index contributed by atoms with van der Waals surface area (Å²) in [5.41, 5.74) is 2.57. The molecule has 0 saturated heterocycles. The van der Waals surface area contributed by atoms with Gasteiger partial charge in [0.15, 0.2) is 0 Å². The molecule has 0 aromatic heterocycles. The van der Waals surface area contributed by atoms with Crippen molar-refractivity contribution in [1.29, 1.82) is 0 Å². The maximum absolute atomic E-state index is 10.6. The predicted molar refractivity (Wildman–Crippen MR) is 58.9 cm³/mol. The van der Waals surface area contributed by atoms with Crippen molar-refractivity contribution < 1.29 is 15.0 Å². The van der Waals surface area contributed by atoms with Crippen molar-refractivity contribution in [2.24, 2.45) is 0 Å². The van der Waals surface area contributed by atoms with Crippen LogP contribution in [0.15, 0.2) is 17.7 Å². The van der Waals surface area contributed by atoms with E-state index < -0.39 is 5.97 Å². The second-order valence-electron chi connectivity index (χ2n) is 3.64. The molecule has 0 aliphatic carbocycles. The first-order valence-electron chi connectivity index (χ1n) is 4.63. The molecule has 3 heteroatoms. The Morgan fingerprint density at radius 3 is 2.13 bits per heavy atom. The van der Waals surface area contributed by atoms with Crippen molar-refractivity contribution in [2.75, 3.05) is 0 Å². The van der Waals surface area contributed by atoms with Gasteiger partial charge in [0, 0.05) is 5.57 Å². The Morgan fingerprint density at radius 1 is 1.27 bits per heavy atom. The Morgan fingerprint density at radius 2 is 1.73 bits per heavy atom. The summed E-state index contributed by atoms with van der Waals surface area (Å²) in [7, 11) is 0. The molecule has 1 aromatic rings. The first kappa shape index (κ1) is 11.3. The number of carboxylic acids is 1. The smallest absolute Gasteiger partial charge is 0.331 e. The molecule has 0 radical (unpaired) electrons. The highest BCUT2D eigenvalue weighted by Crippen LogP contribution is 2.24. The number of benzene rings is 1. The summed E-state index contributed by atoms with van der Waals surface area (Å²) in [5, 5.41) is 18.3. The van der Waals surface area contributed by atoms with E-state index in [1.807, 2.05) is 0 Å². The number of carbonyl (C=O) groups is 1. The van der Waals surface area contributed by atoms with Crippen LogP contribution in [0.2, 0.25) is 0 Å². The molecule has 0 atom stereocenters. The number of phenols is 1. The van der Waals surface area contributed by atoms with Crippen molar-refractivity contribution in [1.82, 2.24) is 0 Å². The Hall–Kier alpha value is -1.77. The van der Waals surface area contributed by atoms with E-state index in [1.165, 1.54) is 0 Å². The van der Waals surface area contributed by atoms with Crippen molar-refractivity contribution in [3.63, 3.8) is 0 Å². The Kier molecular flexibility index (Phi) is 3.14. The van der Waals surface area contributed by atoms with Crippen molar-refractivity contribution in [2.45, 2.75) is 20.8 Å². The zero-order valence-corrected chi connectivity index (χ0v) is 9.03. The summed E-state index contributed by atoms with van der Waals surface area (Å²) in [6.07, 6.45) is 1.59. The first-order valence-corrected chi connectivity index (χ1v) is 4.63. The van der Waals surface area contributed by atoms with Gasteiger partial charge in [0.25, 0.3) is 0 Å². The van der Waals surface area contributed by atoms with E-state index in [0.29, 0.717) is 0 Å². The van der Waals surface area contributed by atoms with E-state index in [2.05, 4.69) is 0 Å².